The molecule has 136 valence electrons. The zero-order chi connectivity index (χ0) is 16.7. The quantitative estimate of drug-likeness (QED) is 0.412. The largest absolute Gasteiger partial charge is 0.384 e. The van der Waals surface area contributed by atoms with Gasteiger partial charge < -0.3 is 19.9 Å². The minimum absolute atomic E-state index is 0. The van der Waals surface area contributed by atoms with Crippen LogP contribution in [-0.4, -0.2) is 63.3 Å². The van der Waals surface area contributed by atoms with Crippen molar-refractivity contribution in [3.63, 3.8) is 0 Å². The van der Waals surface area contributed by atoms with Crippen LogP contribution in [0.5, 0.6) is 0 Å². The van der Waals surface area contributed by atoms with Gasteiger partial charge in [-0.05, 0) is 19.4 Å². The number of likely N-dealkylation sites (tertiary alicyclic amines) is 1. The second kappa shape index (κ2) is 10.7. The topological polar surface area (TPSA) is 53.0 Å². The first-order valence-corrected chi connectivity index (χ1v) is 8.29. The van der Waals surface area contributed by atoms with Crippen LogP contribution < -0.4 is 10.2 Å². The minimum atomic E-state index is 0. The van der Waals surface area contributed by atoms with Gasteiger partial charge in [0.25, 0.3) is 0 Å². The molecule has 1 saturated heterocycles. The fourth-order valence-electron chi connectivity index (χ4n) is 2.94. The number of anilines is 1. The third-order valence-electron chi connectivity index (χ3n) is 4.01. The van der Waals surface area contributed by atoms with Gasteiger partial charge in [-0.1, -0.05) is 6.07 Å². The first-order chi connectivity index (χ1) is 11.2. The lowest BCUT2D eigenvalue weighted by molar-refractivity contribution is 0.157. The van der Waals surface area contributed by atoms with E-state index in [9.17, 15) is 0 Å². The first-order valence-electron chi connectivity index (χ1n) is 8.29. The Bertz CT molecular complexity index is 523. The van der Waals surface area contributed by atoms with Gasteiger partial charge >= 0.3 is 0 Å². The summed E-state index contributed by atoms with van der Waals surface area (Å²) < 4.78 is 5.28. The Labute approximate surface area is 162 Å². The van der Waals surface area contributed by atoms with E-state index in [0.29, 0.717) is 12.5 Å². The predicted molar refractivity (Wildman–Crippen MR) is 110 cm³/mol. The van der Waals surface area contributed by atoms with Crippen molar-refractivity contribution in [3.05, 3.63) is 23.9 Å². The summed E-state index contributed by atoms with van der Waals surface area (Å²) in [5, 5.41) is 3.41. The van der Waals surface area contributed by atoms with E-state index < -0.39 is 0 Å². The zero-order valence-corrected chi connectivity index (χ0v) is 17.5. The van der Waals surface area contributed by atoms with Gasteiger partial charge in [-0.3, -0.25) is 0 Å². The molecule has 0 aliphatic carbocycles. The fraction of sp³-hybridized carbons (Fsp3) is 0.647. The van der Waals surface area contributed by atoms with Crippen molar-refractivity contribution in [1.82, 2.24) is 15.2 Å². The molecule has 2 rings (SSSR count). The number of methoxy groups -OCH3 is 1. The molecule has 1 aromatic heterocycles. The van der Waals surface area contributed by atoms with E-state index in [1.54, 1.807) is 7.11 Å². The summed E-state index contributed by atoms with van der Waals surface area (Å²) in [5.41, 5.74) is 1.14. The third kappa shape index (κ3) is 5.77. The average molecular weight is 447 g/mol. The highest BCUT2D eigenvalue weighted by molar-refractivity contribution is 14.0. The van der Waals surface area contributed by atoms with Crippen molar-refractivity contribution in [2.75, 3.05) is 52.3 Å². The normalized spacial score (nSPS) is 17.6. The maximum absolute atomic E-state index is 5.28. The third-order valence-corrected chi connectivity index (χ3v) is 4.01. The lowest BCUT2D eigenvalue weighted by Crippen LogP contribution is -2.40. The highest BCUT2D eigenvalue weighted by Crippen LogP contribution is 2.18. The van der Waals surface area contributed by atoms with Crippen LogP contribution >= 0.6 is 24.0 Å². The Balaban J connectivity index is 0.00000288. The van der Waals surface area contributed by atoms with Crippen LogP contribution in [0.3, 0.4) is 0 Å². The molecule has 1 N–H and O–H groups in total. The Morgan fingerprint density at radius 3 is 2.96 bits per heavy atom. The van der Waals surface area contributed by atoms with Gasteiger partial charge in [-0.2, -0.15) is 0 Å². The minimum Gasteiger partial charge on any atom is -0.384 e. The van der Waals surface area contributed by atoms with Crippen LogP contribution in [0, 0.1) is 5.92 Å². The summed E-state index contributed by atoms with van der Waals surface area (Å²) in [7, 11) is 5.79. The summed E-state index contributed by atoms with van der Waals surface area (Å²) in [5.74, 6) is 2.56. The number of hydrogen-bond donors (Lipinski definition) is 1. The van der Waals surface area contributed by atoms with Gasteiger partial charge in [0, 0.05) is 58.5 Å². The molecule has 1 atom stereocenters. The van der Waals surface area contributed by atoms with Gasteiger partial charge in [0.2, 0.25) is 0 Å². The average Bonchev–Trinajstić information content (AvgIpc) is 3.00. The van der Waals surface area contributed by atoms with Crippen molar-refractivity contribution < 1.29 is 4.74 Å². The molecule has 0 saturated carbocycles. The molecule has 1 fully saturated rings. The molecule has 24 heavy (non-hydrogen) atoms. The van der Waals surface area contributed by atoms with Crippen molar-refractivity contribution in [2.24, 2.45) is 10.9 Å². The highest BCUT2D eigenvalue weighted by atomic mass is 127. The number of ether oxygens (including phenoxy) is 1. The number of hydrogen-bond acceptors (Lipinski definition) is 4. The second-order valence-corrected chi connectivity index (χ2v) is 6.11. The number of aromatic nitrogens is 1. The van der Waals surface area contributed by atoms with Gasteiger partial charge in [-0.25, -0.2) is 9.98 Å². The molecular formula is C17H30IN5O. The second-order valence-electron chi connectivity index (χ2n) is 6.11. The van der Waals surface area contributed by atoms with Crippen LogP contribution in [0.4, 0.5) is 5.82 Å². The lowest BCUT2D eigenvalue weighted by atomic mass is 10.1. The number of halogens is 1. The lowest BCUT2D eigenvalue weighted by Gasteiger charge is -2.22. The molecular weight excluding hydrogens is 417 g/mol. The molecule has 1 unspecified atom stereocenters. The molecule has 1 aromatic rings. The molecule has 2 heterocycles. The van der Waals surface area contributed by atoms with E-state index in [-0.39, 0.29) is 24.0 Å². The van der Waals surface area contributed by atoms with Crippen LogP contribution in [0.25, 0.3) is 0 Å². The number of pyridine rings is 1. The maximum Gasteiger partial charge on any atom is 0.194 e. The summed E-state index contributed by atoms with van der Waals surface area (Å²) in [6.45, 7) is 6.48. The number of aliphatic imine (C=N–C) groups is 1. The molecule has 1 aliphatic heterocycles. The molecule has 1 aliphatic rings. The van der Waals surface area contributed by atoms with Crippen LogP contribution in [0.15, 0.2) is 23.3 Å². The number of nitrogens with zero attached hydrogens (tertiary/aromatic N) is 4. The van der Waals surface area contributed by atoms with E-state index >= 15 is 0 Å². The van der Waals surface area contributed by atoms with Crippen molar-refractivity contribution in [3.8, 4) is 0 Å². The Morgan fingerprint density at radius 1 is 1.50 bits per heavy atom. The van der Waals surface area contributed by atoms with Crippen LogP contribution in [0.2, 0.25) is 0 Å². The molecule has 7 heteroatoms. The molecule has 0 amide bonds. The number of rotatable bonds is 6. The molecule has 0 radical (unpaired) electrons. The molecule has 6 nitrogen and oxygen atoms in total. The van der Waals surface area contributed by atoms with Gasteiger partial charge in [0.15, 0.2) is 5.96 Å². The summed E-state index contributed by atoms with van der Waals surface area (Å²) in [4.78, 5) is 13.6. The van der Waals surface area contributed by atoms with Crippen LogP contribution in [0.1, 0.15) is 18.9 Å². The molecule has 0 aromatic carbocycles. The van der Waals surface area contributed by atoms with E-state index in [4.69, 9.17) is 9.73 Å². The monoisotopic (exact) mass is 447 g/mol. The SMILES string of the molecule is CCNC(=NCc1cccnc1N(C)C)N1CCC(COC)C1.I. The Kier molecular flexibility index (Phi) is 9.35. The summed E-state index contributed by atoms with van der Waals surface area (Å²) in [6, 6.07) is 4.06. The fourth-order valence-corrected chi connectivity index (χ4v) is 2.94. The van der Waals surface area contributed by atoms with Crippen molar-refractivity contribution in [1.29, 1.82) is 0 Å². The van der Waals surface area contributed by atoms with Crippen molar-refractivity contribution >= 4 is 35.8 Å². The molecule has 0 bridgehead atoms. The van der Waals surface area contributed by atoms with E-state index in [1.807, 2.05) is 31.3 Å². The van der Waals surface area contributed by atoms with Crippen LogP contribution in [-0.2, 0) is 11.3 Å². The van der Waals surface area contributed by atoms with Gasteiger partial charge in [0.1, 0.15) is 5.82 Å². The van der Waals surface area contributed by atoms with E-state index in [1.165, 1.54) is 0 Å². The highest BCUT2D eigenvalue weighted by Gasteiger charge is 2.24. The van der Waals surface area contributed by atoms with Gasteiger partial charge in [0.05, 0.1) is 13.2 Å². The summed E-state index contributed by atoms with van der Waals surface area (Å²) >= 11 is 0. The van der Waals surface area contributed by atoms with E-state index in [2.05, 4.69) is 28.2 Å². The number of guanidine groups is 1. The maximum atomic E-state index is 5.28. The molecule has 0 spiro atoms. The van der Waals surface area contributed by atoms with Gasteiger partial charge in [-0.15, -0.1) is 24.0 Å². The number of nitrogens with one attached hydrogen (secondary N) is 1. The van der Waals surface area contributed by atoms with E-state index in [0.717, 1.165) is 50.0 Å². The smallest absolute Gasteiger partial charge is 0.194 e. The standard InChI is InChI=1S/C17H29N5O.HI/c1-5-18-17(22-10-8-14(12-22)13-23-4)20-11-15-7-6-9-19-16(15)21(2)3;/h6-7,9,14H,5,8,10-13H2,1-4H3,(H,18,20);1H. The zero-order valence-electron chi connectivity index (χ0n) is 15.2. The van der Waals surface area contributed by atoms with Crippen molar-refractivity contribution in [2.45, 2.75) is 19.9 Å². The predicted octanol–water partition coefficient (Wildman–Crippen LogP) is 2.20. The summed E-state index contributed by atoms with van der Waals surface area (Å²) in [6.07, 6.45) is 2.98. The Hall–Kier alpha value is -1.09. The first kappa shape index (κ1) is 21.0. The Morgan fingerprint density at radius 2 is 2.29 bits per heavy atom.